The number of methoxy groups -OCH3 is 2. The van der Waals surface area contributed by atoms with Gasteiger partial charge in [-0.05, 0) is 48.9 Å². The molecule has 5 nitrogen and oxygen atoms in total. The molecule has 0 saturated carbocycles. The van der Waals surface area contributed by atoms with Crippen LogP contribution in [-0.2, 0) is 17.6 Å². The maximum absolute atomic E-state index is 12.8. The van der Waals surface area contributed by atoms with Gasteiger partial charge in [0, 0.05) is 9.90 Å². The minimum absolute atomic E-state index is 0.318. The second-order valence-corrected chi connectivity index (χ2v) is 8.06. The number of ether oxygens (including phenoxy) is 2. The first-order chi connectivity index (χ1) is 13.0. The maximum atomic E-state index is 12.8. The minimum Gasteiger partial charge on any atom is -0.496 e. The molecule has 1 amide bonds. The number of nitrogens with one attached hydrogen (secondary N) is 1. The lowest BCUT2D eigenvalue weighted by Crippen LogP contribution is -2.17. The number of halogens is 1. The number of thiophene rings is 1. The lowest BCUT2D eigenvalue weighted by molar-refractivity contribution is 0.0601. The fraction of sp³-hybridized carbons (Fsp3) is 0.400. The lowest BCUT2D eigenvalue weighted by Gasteiger charge is -2.20. The van der Waals surface area contributed by atoms with Crippen LogP contribution in [0, 0.1) is 5.92 Å². The fourth-order valence-electron chi connectivity index (χ4n) is 3.44. The van der Waals surface area contributed by atoms with Gasteiger partial charge in [-0.3, -0.25) is 4.79 Å². The molecule has 1 aromatic heterocycles. The van der Waals surface area contributed by atoms with E-state index in [4.69, 9.17) is 21.1 Å². The minimum atomic E-state index is -0.421. The monoisotopic (exact) mass is 407 g/mol. The molecule has 0 bridgehead atoms. The number of hydrogen-bond acceptors (Lipinski definition) is 5. The van der Waals surface area contributed by atoms with Gasteiger partial charge in [-0.1, -0.05) is 24.9 Å². The van der Waals surface area contributed by atoms with E-state index in [1.54, 1.807) is 18.2 Å². The quantitative estimate of drug-likeness (QED) is 0.711. The van der Waals surface area contributed by atoms with Crippen LogP contribution in [0.1, 0.15) is 50.9 Å². The lowest BCUT2D eigenvalue weighted by atomic mass is 9.85. The van der Waals surface area contributed by atoms with Crippen LogP contribution < -0.4 is 10.1 Å². The Morgan fingerprint density at radius 3 is 2.78 bits per heavy atom. The number of anilines is 1. The van der Waals surface area contributed by atoms with Crippen molar-refractivity contribution >= 4 is 39.8 Å². The van der Waals surface area contributed by atoms with E-state index in [1.165, 1.54) is 25.6 Å². The highest BCUT2D eigenvalue weighted by atomic mass is 35.5. The predicted octanol–water partition coefficient (Wildman–Crippen LogP) is 4.96. The first kappa shape index (κ1) is 19.7. The van der Waals surface area contributed by atoms with Crippen LogP contribution in [0.4, 0.5) is 5.00 Å². The van der Waals surface area contributed by atoms with Crippen molar-refractivity contribution in [2.24, 2.45) is 5.92 Å². The highest BCUT2D eigenvalue weighted by Crippen LogP contribution is 2.41. The normalized spacial score (nSPS) is 15.8. The van der Waals surface area contributed by atoms with Crippen molar-refractivity contribution in [2.75, 3.05) is 19.5 Å². The molecule has 1 heterocycles. The molecule has 2 aromatic rings. The summed E-state index contributed by atoms with van der Waals surface area (Å²) in [6.45, 7) is 2.18. The van der Waals surface area contributed by atoms with E-state index in [0.29, 0.717) is 32.8 Å². The molecule has 0 fully saturated rings. The molecular formula is C20H22ClNO4S. The third-order valence-electron chi connectivity index (χ3n) is 4.97. The number of carbonyl (C=O) groups excluding carboxylic acids is 2. The Balaban J connectivity index is 1.97. The zero-order chi connectivity index (χ0) is 19.6. The maximum Gasteiger partial charge on any atom is 0.341 e. The van der Waals surface area contributed by atoms with Crippen LogP contribution in [0.5, 0.6) is 5.75 Å². The molecular weight excluding hydrogens is 386 g/mol. The number of fused-ring (bicyclic) bond motifs is 1. The van der Waals surface area contributed by atoms with E-state index in [1.807, 2.05) is 0 Å². The smallest absolute Gasteiger partial charge is 0.341 e. The van der Waals surface area contributed by atoms with E-state index in [2.05, 4.69) is 12.2 Å². The van der Waals surface area contributed by atoms with E-state index in [9.17, 15) is 9.59 Å². The molecule has 1 aromatic carbocycles. The van der Waals surface area contributed by atoms with Gasteiger partial charge in [-0.2, -0.15) is 0 Å². The fourth-order valence-corrected chi connectivity index (χ4v) is 4.95. The molecule has 144 valence electrons. The molecule has 1 aliphatic carbocycles. The molecule has 27 heavy (non-hydrogen) atoms. The Bertz CT molecular complexity index is 877. The number of esters is 1. The van der Waals surface area contributed by atoms with Gasteiger partial charge < -0.3 is 14.8 Å². The number of hydrogen-bond donors (Lipinski definition) is 1. The van der Waals surface area contributed by atoms with Gasteiger partial charge in [0.25, 0.3) is 5.91 Å². The second-order valence-electron chi connectivity index (χ2n) is 6.52. The highest BCUT2D eigenvalue weighted by molar-refractivity contribution is 7.17. The van der Waals surface area contributed by atoms with Crippen molar-refractivity contribution < 1.29 is 19.1 Å². The number of rotatable bonds is 5. The number of benzene rings is 1. The Kier molecular flexibility index (Phi) is 6.07. The summed E-state index contributed by atoms with van der Waals surface area (Å²) >= 11 is 7.49. The first-order valence-electron chi connectivity index (χ1n) is 8.86. The van der Waals surface area contributed by atoms with E-state index in [0.717, 1.165) is 36.1 Å². The van der Waals surface area contributed by atoms with E-state index < -0.39 is 5.97 Å². The van der Waals surface area contributed by atoms with Gasteiger partial charge in [-0.15, -0.1) is 11.3 Å². The Labute approximate surface area is 167 Å². The molecule has 7 heteroatoms. The molecule has 1 aliphatic rings. The average Bonchev–Trinajstić information content (AvgIpc) is 3.03. The van der Waals surface area contributed by atoms with Gasteiger partial charge in [0.15, 0.2) is 0 Å². The molecule has 0 spiro atoms. The summed E-state index contributed by atoms with van der Waals surface area (Å²) in [5.41, 5.74) is 1.80. The second kappa shape index (κ2) is 8.31. The Morgan fingerprint density at radius 1 is 1.33 bits per heavy atom. The zero-order valence-corrected chi connectivity index (χ0v) is 17.1. The van der Waals surface area contributed by atoms with Crippen molar-refractivity contribution in [1.29, 1.82) is 0 Å². The summed E-state index contributed by atoms with van der Waals surface area (Å²) in [5, 5.41) is 3.83. The summed E-state index contributed by atoms with van der Waals surface area (Å²) in [6.07, 6.45) is 3.90. The standard InChI is InChI=1S/C20H22ClNO4S/c1-4-11-5-7-13-16(9-11)27-19(17(13)20(24)26-3)22-18(23)14-10-12(21)6-8-15(14)25-2/h6,8,10-11H,4-5,7,9H2,1-3H3,(H,22,23)/t11-/m1/s1. The third-order valence-corrected chi connectivity index (χ3v) is 6.37. The third kappa shape index (κ3) is 3.96. The van der Waals surface area contributed by atoms with Crippen LogP contribution >= 0.6 is 22.9 Å². The molecule has 0 unspecified atom stereocenters. The van der Waals surface area contributed by atoms with Gasteiger partial charge >= 0.3 is 5.97 Å². The largest absolute Gasteiger partial charge is 0.496 e. The SMILES string of the molecule is CC[C@@H]1CCc2c(sc(NC(=O)c3cc(Cl)ccc3OC)c2C(=O)OC)C1. The number of carbonyl (C=O) groups is 2. The zero-order valence-electron chi connectivity index (χ0n) is 15.6. The molecule has 1 atom stereocenters. The Morgan fingerprint density at radius 2 is 2.11 bits per heavy atom. The summed E-state index contributed by atoms with van der Waals surface area (Å²) in [6, 6.07) is 4.85. The molecule has 1 N–H and O–H groups in total. The Hall–Kier alpha value is -2.05. The van der Waals surface area contributed by atoms with Gasteiger partial charge in [0.2, 0.25) is 0 Å². The van der Waals surface area contributed by atoms with Gasteiger partial charge in [0.1, 0.15) is 10.8 Å². The number of amides is 1. The van der Waals surface area contributed by atoms with Gasteiger partial charge in [-0.25, -0.2) is 4.79 Å². The molecule has 0 saturated heterocycles. The topological polar surface area (TPSA) is 64.6 Å². The van der Waals surface area contributed by atoms with Crippen molar-refractivity contribution in [3.8, 4) is 5.75 Å². The summed E-state index contributed by atoms with van der Waals surface area (Å²) in [5.74, 6) is 0.239. The molecule has 0 radical (unpaired) electrons. The van der Waals surface area contributed by atoms with Crippen LogP contribution in [0.2, 0.25) is 5.02 Å². The van der Waals surface area contributed by atoms with E-state index >= 15 is 0 Å². The van der Waals surface area contributed by atoms with Crippen LogP contribution in [0.3, 0.4) is 0 Å². The van der Waals surface area contributed by atoms with Crippen molar-refractivity contribution in [2.45, 2.75) is 32.6 Å². The summed E-state index contributed by atoms with van der Waals surface area (Å²) in [4.78, 5) is 26.4. The molecule has 0 aliphatic heterocycles. The highest BCUT2D eigenvalue weighted by Gasteiger charge is 2.30. The van der Waals surface area contributed by atoms with Crippen molar-refractivity contribution in [3.05, 3.63) is 44.8 Å². The van der Waals surface area contributed by atoms with Crippen molar-refractivity contribution in [1.82, 2.24) is 0 Å². The van der Waals surface area contributed by atoms with Crippen LogP contribution in [0.25, 0.3) is 0 Å². The molecule has 3 rings (SSSR count). The first-order valence-corrected chi connectivity index (χ1v) is 10.1. The van der Waals surface area contributed by atoms with Crippen LogP contribution in [-0.4, -0.2) is 26.1 Å². The predicted molar refractivity (Wildman–Crippen MR) is 107 cm³/mol. The van der Waals surface area contributed by atoms with E-state index in [-0.39, 0.29) is 5.91 Å². The summed E-state index contributed by atoms with van der Waals surface area (Å²) in [7, 11) is 2.85. The van der Waals surface area contributed by atoms with Crippen molar-refractivity contribution in [3.63, 3.8) is 0 Å². The van der Waals surface area contributed by atoms with Gasteiger partial charge in [0.05, 0.1) is 25.3 Å². The summed E-state index contributed by atoms with van der Waals surface area (Å²) < 4.78 is 10.2. The van der Waals surface area contributed by atoms with Crippen LogP contribution in [0.15, 0.2) is 18.2 Å². The average molecular weight is 408 g/mol.